The fraction of sp³-hybridized carbons (Fsp3) is 0.926. The van der Waals surface area contributed by atoms with Crippen LogP contribution in [0.2, 0.25) is 0 Å². The van der Waals surface area contributed by atoms with Gasteiger partial charge in [0.1, 0.15) is 0 Å². The van der Waals surface area contributed by atoms with Gasteiger partial charge < -0.3 is 9.47 Å². The molecule has 31 heavy (non-hydrogen) atoms. The van der Waals surface area contributed by atoms with Crippen LogP contribution in [-0.4, -0.2) is 25.7 Å². The average molecular weight is 441 g/mol. The van der Waals surface area contributed by atoms with Crippen molar-refractivity contribution in [2.45, 2.75) is 116 Å². The molecule has 0 saturated heterocycles. The molecular formula is C27H52O4. The maximum Gasteiger partial charge on any atom is 0.312 e. The Balaban J connectivity index is 6.36. The number of ether oxygens (including phenoxy) is 2. The monoisotopic (exact) mass is 440 g/mol. The molecule has 0 heterocycles. The zero-order chi connectivity index (χ0) is 25.1. The molecule has 0 aliphatic heterocycles. The molecule has 0 radical (unpaired) electrons. The Morgan fingerprint density at radius 1 is 0.710 bits per heavy atom. The lowest BCUT2D eigenvalue weighted by Crippen LogP contribution is -2.55. The second-order valence-corrected chi connectivity index (χ2v) is 13.3. The molecule has 4 heteroatoms. The van der Waals surface area contributed by atoms with E-state index in [2.05, 4.69) is 76.2 Å². The smallest absolute Gasteiger partial charge is 0.312 e. The van der Waals surface area contributed by atoms with Crippen molar-refractivity contribution in [3.05, 3.63) is 0 Å². The number of esters is 2. The van der Waals surface area contributed by atoms with Crippen LogP contribution in [-0.2, 0) is 19.1 Å². The van der Waals surface area contributed by atoms with Crippen LogP contribution >= 0.6 is 0 Å². The van der Waals surface area contributed by atoms with Crippen LogP contribution in [0.15, 0.2) is 0 Å². The summed E-state index contributed by atoms with van der Waals surface area (Å²) in [6, 6.07) is 0. The van der Waals surface area contributed by atoms with Crippen molar-refractivity contribution in [3.63, 3.8) is 0 Å². The van der Waals surface area contributed by atoms with Crippen molar-refractivity contribution in [2.24, 2.45) is 32.5 Å². The van der Waals surface area contributed by atoms with E-state index in [4.69, 9.17) is 9.47 Å². The third-order valence-corrected chi connectivity index (χ3v) is 8.22. The fourth-order valence-electron chi connectivity index (χ4n) is 4.80. The Hall–Kier alpha value is -1.06. The molecule has 4 nitrogen and oxygen atoms in total. The number of hydrogen-bond donors (Lipinski definition) is 0. The Labute approximate surface area is 193 Å². The van der Waals surface area contributed by atoms with E-state index in [0.29, 0.717) is 19.4 Å². The van der Waals surface area contributed by atoms with Crippen molar-refractivity contribution < 1.29 is 19.1 Å². The van der Waals surface area contributed by atoms with E-state index in [1.54, 1.807) is 0 Å². The van der Waals surface area contributed by atoms with E-state index in [9.17, 15) is 9.59 Å². The molecule has 0 N–H and O–H groups in total. The lowest BCUT2D eigenvalue weighted by molar-refractivity contribution is -0.179. The van der Waals surface area contributed by atoms with Gasteiger partial charge in [-0.2, -0.15) is 0 Å². The van der Waals surface area contributed by atoms with Gasteiger partial charge in [0.2, 0.25) is 0 Å². The summed E-state index contributed by atoms with van der Waals surface area (Å²) in [6.07, 6.45) is 3.16. The summed E-state index contributed by atoms with van der Waals surface area (Å²) in [5.41, 5.74) is -2.56. The highest BCUT2D eigenvalue weighted by Gasteiger charge is 2.60. The normalized spacial score (nSPS) is 17.5. The van der Waals surface area contributed by atoms with Crippen LogP contribution in [0.3, 0.4) is 0 Å². The summed E-state index contributed by atoms with van der Waals surface area (Å²) in [4.78, 5) is 26.5. The third kappa shape index (κ3) is 6.48. The number of hydrogen-bond acceptors (Lipinski definition) is 4. The van der Waals surface area contributed by atoms with E-state index in [0.717, 1.165) is 12.8 Å². The van der Waals surface area contributed by atoms with Crippen LogP contribution < -0.4 is 0 Å². The summed E-state index contributed by atoms with van der Waals surface area (Å²) in [6.45, 7) is 28.0. The van der Waals surface area contributed by atoms with Gasteiger partial charge in [-0.3, -0.25) is 9.59 Å². The summed E-state index contributed by atoms with van der Waals surface area (Å²) in [5.74, 6) is -0.337. The van der Waals surface area contributed by atoms with Crippen molar-refractivity contribution in [1.29, 1.82) is 0 Å². The molecular weight excluding hydrogens is 388 g/mol. The minimum Gasteiger partial charge on any atom is -0.469 e. The van der Waals surface area contributed by atoms with E-state index in [1.165, 1.54) is 7.11 Å². The molecule has 0 fully saturated rings. The van der Waals surface area contributed by atoms with Gasteiger partial charge in [-0.05, 0) is 54.8 Å². The molecule has 0 aliphatic carbocycles. The van der Waals surface area contributed by atoms with Crippen molar-refractivity contribution in [3.8, 4) is 0 Å². The lowest BCUT2D eigenvalue weighted by atomic mass is 9.47. The maximum absolute atomic E-state index is 13.3. The highest BCUT2D eigenvalue weighted by Crippen LogP contribution is 2.61. The first-order valence-electron chi connectivity index (χ1n) is 11.9. The van der Waals surface area contributed by atoms with Crippen molar-refractivity contribution in [2.75, 3.05) is 13.7 Å². The van der Waals surface area contributed by atoms with Gasteiger partial charge in [-0.15, -0.1) is 0 Å². The molecule has 0 rings (SSSR count). The number of rotatable bonds is 10. The predicted molar refractivity (Wildman–Crippen MR) is 130 cm³/mol. The second-order valence-electron chi connectivity index (χ2n) is 13.3. The topological polar surface area (TPSA) is 52.6 Å². The van der Waals surface area contributed by atoms with E-state index in [-0.39, 0.29) is 28.2 Å². The number of carbonyl (C=O) groups excluding carboxylic acids is 2. The molecule has 0 aromatic heterocycles. The SMILES string of the molecule is CCCCOC(=O)C(C)(CC(C)(C)C(C)(C)C(C)(CC(C)(C)C)C(=O)OC)C(C)(C)C. The maximum atomic E-state index is 13.3. The largest absolute Gasteiger partial charge is 0.469 e. The van der Waals surface area contributed by atoms with Crippen LogP contribution in [0.5, 0.6) is 0 Å². The average Bonchev–Trinajstić information content (AvgIpc) is 2.57. The Bertz CT molecular complexity index is 618. The number of methoxy groups -OCH3 is 1. The van der Waals surface area contributed by atoms with E-state index >= 15 is 0 Å². The summed E-state index contributed by atoms with van der Waals surface area (Å²) in [5, 5.41) is 0. The number of carbonyl (C=O) groups is 2. The zero-order valence-corrected chi connectivity index (χ0v) is 23.2. The highest BCUT2D eigenvalue weighted by atomic mass is 16.5. The fourth-order valence-corrected chi connectivity index (χ4v) is 4.80. The lowest BCUT2D eigenvalue weighted by Gasteiger charge is -2.56. The predicted octanol–water partition coefficient (Wildman–Crippen LogP) is 7.44. The first-order valence-corrected chi connectivity index (χ1v) is 11.9. The molecule has 0 saturated carbocycles. The van der Waals surface area contributed by atoms with Gasteiger partial charge in [0, 0.05) is 0 Å². The first-order chi connectivity index (χ1) is 13.6. The minimum absolute atomic E-state index is 0.0529. The molecule has 2 atom stereocenters. The van der Waals surface area contributed by atoms with Crippen LogP contribution in [0.4, 0.5) is 0 Å². The second kappa shape index (κ2) is 9.83. The summed E-state index contributed by atoms with van der Waals surface area (Å²) < 4.78 is 11.1. The van der Waals surface area contributed by atoms with Gasteiger partial charge in [0.25, 0.3) is 0 Å². The van der Waals surface area contributed by atoms with E-state index in [1.807, 2.05) is 13.8 Å². The van der Waals surface area contributed by atoms with E-state index < -0.39 is 16.2 Å². The number of unbranched alkanes of at least 4 members (excludes halogenated alkanes) is 1. The molecule has 0 spiro atoms. The van der Waals surface area contributed by atoms with Crippen LogP contribution in [0, 0.1) is 32.5 Å². The quantitative estimate of drug-likeness (QED) is 0.261. The standard InChI is InChI=1S/C27H52O4/c1-15-16-17-31-21(29)26(12,23(5,6)7)19-24(8,9)25(10,11)27(13,20(28)30-14)18-22(2,3)4/h15-19H2,1-14H3. The molecule has 0 amide bonds. The van der Waals surface area contributed by atoms with Gasteiger partial charge in [-0.1, -0.05) is 82.6 Å². The first kappa shape index (κ1) is 29.9. The van der Waals surface area contributed by atoms with Crippen LogP contribution in [0.25, 0.3) is 0 Å². The molecule has 184 valence electrons. The molecule has 2 unspecified atom stereocenters. The molecule has 0 aliphatic rings. The van der Waals surface area contributed by atoms with Crippen molar-refractivity contribution in [1.82, 2.24) is 0 Å². The highest BCUT2D eigenvalue weighted by molar-refractivity contribution is 5.78. The minimum atomic E-state index is -0.714. The summed E-state index contributed by atoms with van der Waals surface area (Å²) >= 11 is 0. The van der Waals surface area contributed by atoms with Gasteiger partial charge >= 0.3 is 11.9 Å². The molecule has 0 aromatic rings. The van der Waals surface area contributed by atoms with Gasteiger partial charge in [0.05, 0.1) is 24.5 Å². The molecule has 0 bridgehead atoms. The van der Waals surface area contributed by atoms with Gasteiger partial charge in [-0.25, -0.2) is 0 Å². The van der Waals surface area contributed by atoms with Crippen molar-refractivity contribution >= 4 is 11.9 Å². The Kier molecular flexibility index (Phi) is 9.49. The zero-order valence-electron chi connectivity index (χ0n) is 23.2. The van der Waals surface area contributed by atoms with Crippen LogP contribution in [0.1, 0.15) is 116 Å². The molecule has 0 aromatic carbocycles. The Morgan fingerprint density at radius 2 is 1.19 bits per heavy atom. The Morgan fingerprint density at radius 3 is 1.55 bits per heavy atom. The third-order valence-electron chi connectivity index (χ3n) is 8.22. The summed E-state index contributed by atoms with van der Waals surface area (Å²) in [7, 11) is 1.47. The van der Waals surface area contributed by atoms with Gasteiger partial charge in [0.15, 0.2) is 0 Å².